The van der Waals surface area contributed by atoms with Crippen LogP contribution in [0.4, 0.5) is 5.69 Å². The van der Waals surface area contributed by atoms with Gasteiger partial charge in [0, 0.05) is 30.3 Å². The standard InChI is InChI=1S/C16H25N3O2/c1-11-5-6-14(9-16(11)19(20)21)13(3)17-15-7-8-18(4)10-12(15)2/h5-6,9,12-13,15,17H,7-8,10H2,1-4H3. The first-order valence-corrected chi connectivity index (χ1v) is 7.58. The predicted octanol–water partition coefficient (Wildman–Crippen LogP) is 2.89. The van der Waals surface area contributed by atoms with Gasteiger partial charge in [0.2, 0.25) is 0 Å². The molecule has 1 aromatic carbocycles. The first-order chi connectivity index (χ1) is 9.88. The minimum atomic E-state index is -0.302. The average Bonchev–Trinajstić information content (AvgIpc) is 2.42. The van der Waals surface area contributed by atoms with Gasteiger partial charge in [0.05, 0.1) is 4.92 Å². The first kappa shape index (κ1) is 15.9. The zero-order valence-corrected chi connectivity index (χ0v) is 13.3. The van der Waals surface area contributed by atoms with Gasteiger partial charge in [-0.2, -0.15) is 0 Å². The van der Waals surface area contributed by atoms with Crippen molar-refractivity contribution in [1.29, 1.82) is 0 Å². The van der Waals surface area contributed by atoms with E-state index in [1.807, 2.05) is 12.1 Å². The number of nitrogens with zero attached hydrogens (tertiary/aromatic N) is 2. The normalized spacial score (nSPS) is 24.8. The number of nitrogens with one attached hydrogen (secondary N) is 1. The second-order valence-electron chi connectivity index (χ2n) is 6.33. The molecule has 3 unspecified atom stereocenters. The molecular weight excluding hydrogens is 266 g/mol. The Morgan fingerprint density at radius 2 is 2.19 bits per heavy atom. The van der Waals surface area contributed by atoms with Crippen molar-refractivity contribution in [2.24, 2.45) is 5.92 Å². The molecule has 0 bridgehead atoms. The van der Waals surface area contributed by atoms with E-state index in [-0.39, 0.29) is 16.7 Å². The Labute approximate surface area is 126 Å². The molecule has 0 spiro atoms. The average molecular weight is 291 g/mol. The molecule has 1 aliphatic heterocycles. The summed E-state index contributed by atoms with van der Waals surface area (Å²) >= 11 is 0. The fourth-order valence-corrected chi connectivity index (χ4v) is 3.11. The zero-order chi connectivity index (χ0) is 15.6. The van der Waals surface area contributed by atoms with Crippen LogP contribution in [0.2, 0.25) is 0 Å². The lowest BCUT2D eigenvalue weighted by atomic mass is 9.92. The summed E-state index contributed by atoms with van der Waals surface area (Å²) in [5.41, 5.74) is 1.90. The fourth-order valence-electron chi connectivity index (χ4n) is 3.11. The second-order valence-corrected chi connectivity index (χ2v) is 6.33. The molecule has 21 heavy (non-hydrogen) atoms. The van der Waals surface area contributed by atoms with Gasteiger partial charge in [-0.05, 0) is 45.3 Å². The van der Waals surface area contributed by atoms with Gasteiger partial charge in [0.15, 0.2) is 0 Å². The zero-order valence-electron chi connectivity index (χ0n) is 13.3. The van der Waals surface area contributed by atoms with Crippen LogP contribution in [0.3, 0.4) is 0 Å². The summed E-state index contributed by atoms with van der Waals surface area (Å²) in [6.07, 6.45) is 1.12. The molecular formula is C16H25N3O2. The Kier molecular flexibility index (Phi) is 4.96. The van der Waals surface area contributed by atoms with Crippen LogP contribution in [0.25, 0.3) is 0 Å². The second kappa shape index (κ2) is 6.54. The number of nitro groups is 1. The van der Waals surface area contributed by atoms with Crippen LogP contribution in [0.5, 0.6) is 0 Å². The summed E-state index contributed by atoms with van der Waals surface area (Å²) in [6, 6.07) is 6.12. The molecule has 0 aliphatic carbocycles. The Morgan fingerprint density at radius 1 is 1.48 bits per heavy atom. The Hall–Kier alpha value is -1.46. The van der Waals surface area contributed by atoms with E-state index in [1.165, 1.54) is 0 Å². The number of nitro benzene ring substituents is 1. The van der Waals surface area contributed by atoms with Crippen LogP contribution in [-0.4, -0.2) is 36.0 Å². The molecule has 0 amide bonds. The van der Waals surface area contributed by atoms with Gasteiger partial charge < -0.3 is 10.2 Å². The molecule has 116 valence electrons. The molecule has 0 radical (unpaired) electrons. The Balaban J connectivity index is 2.08. The van der Waals surface area contributed by atoms with E-state index in [1.54, 1.807) is 13.0 Å². The molecule has 1 saturated heterocycles. The molecule has 2 rings (SSSR count). The monoisotopic (exact) mass is 291 g/mol. The van der Waals surface area contributed by atoms with E-state index in [0.29, 0.717) is 17.5 Å². The van der Waals surface area contributed by atoms with Gasteiger partial charge in [-0.25, -0.2) is 0 Å². The minimum Gasteiger partial charge on any atom is -0.307 e. The summed E-state index contributed by atoms with van der Waals surface area (Å²) in [4.78, 5) is 13.1. The lowest BCUT2D eigenvalue weighted by Crippen LogP contribution is -2.47. The molecule has 1 heterocycles. The maximum absolute atomic E-state index is 11.1. The Bertz CT molecular complexity index is 518. The van der Waals surface area contributed by atoms with E-state index in [9.17, 15) is 10.1 Å². The van der Waals surface area contributed by atoms with Crippen LogP contribution < -0.4 is 5.32 Å². The third-order valence-corrected chi connectivity index (χ3v) is 4.50. The van der Waals surface area contributed by atoms with E-state index in [2.05, 4.69) is 31.1 Å². The number of hydrogen-bond donors (Lipinski definition) is 1. The van der Waals surface area contributed by atoms with Crippen molar-refractivity contribution in [1.82, 2.24) is 10.2 Å². The number of piperidine rings is 1. The summed E-state index contributed by atoms with van der Waals surface area (Å²) in [5, 5.41) is 14.7. The number of likely N-dealkylation sites (tertiary alicyclic amines) is 1. The molecule has 1 aliphatic rings. The van der Waals surface area contributed by atoms with Crippen LogP contribution >= 0.6 is 0 Å². The van der Waals surface area contributed by atoms with Gasteiger partial charge in [-0.1, -0.05) is 19.1 Å². The summed E-state index contributed by atoms with van der Waals surface area (Å²) in [5.74, 6) is 0.589. The topological polar surface area (TPSA) is 58.4 Å². The predicted molar refractivity (Wildman–Crippen MR) is 84.5 cm³/mol. The smallest absolute Gasteiger partial charge is 0.272 e. The lowest BCUT2D eigenvalue weighted by molar-refractivity contribution is -0.385. The highest BCUT2D eigenvalue weighted by atomic mass is 16.6. The van der Waals surface area contributed by atoms with Gasteiger partial charge in [0.25, 0.3) is 5.69 Å². The highest BCUT2D eigenvalue weighted by molar-refractivity contribution is 5.43. The van der Waals surface area contributed by atoms with Crippen LogP contribution in [-0.2, 0) is 0 Å². The third kappa shape index (κ3) is 3.80. The largest absolute Gasteiger partial charge is 0.307 e. The number of rotatable bonds is 4. The van der Waals surface area contributed by atoms with E-state index in [0.717, 1.165) is 25.1 Å². The van der Waals surface area contributed by atoms with Gasteiger partial charge >= 0.3 is 0 Å². The van der Waals surface area contributed by atoms with Crippen molar-refractivity contribution in [2.45, 2.75) is 39.3 Å². The van der Waals surface area contributed by atoms with Gasteiger partial charge in [-0.15, -0.1) is 0 Å². The van der Waals surface area contributed by atoms with Crippen molar-refractivity contribution >= 4 is 5.69 Å². The summed E-state index contributed by atoms with van der Waals surface area (Å²) in [6.45, 7) is 8.32. The van der Waals surface area contributed by atoms with Crippen molar-refractivity contribution in [3.63, 3.8) is 0 Å². The molecule has 1 N–H and O–H groups in total. The van der Waals surface area contributed by atoms with E-state index in [4.69, 9.17) is 0 Å². The highest BCUT2D eigenvalue weighted by Gasteiger charge is 2.25. The SMILES string of the molecule is Cc1ccc(C(C)NC2CCN(C)CC2C)cc1[N+](=O)[O-]. The van der Waals surface area contributed by atoms with Crippen LogP contribution in [0.1, 0.15) is 37.4 Å². The van der Waals surface area contributed by atoms with Crippen LogP contribution in [0, 0.1) is 23.0 Å². The van der Waals surface area contributed by atoms with Crippen molar-refractivity contribution in [3.8, 4) is 0 Å². The van der Waals surface area contributed by atoms with E-state index >= 15 is 0 Å². The number of hydrogen-bond acceptors (Lipinski definition) is 4. The van der Waals surface area contributed by atoms with Crippen molar-refractivity contribution in [3.05, 3.63) is 39.4 Å². The third-order valence-electron chi connectivity index (χ3n) is 4.50. The molecule has 1 fully saturated rings. The first-order valence-electron chi connectivity index (χ1n) is 7.58. The highest BCUT2D eigenvalue weighted by Crippen LogP contribution is 2.25. The summed E-state index contributed by atoms with van der Waals surface area (Å²) in [7, 11) is 2.15. The minimum absolute atomic E-state index is 0.125. The molecule has 0 aromatic heterocycles. The quantitative estimate of drug-likeness (QED) is 0.684. The van der Waals surface area contributed by atoms with Gasteiger partial charge in [0.1, 0.15) is 0 Å². The van der Waals surface area contributed by atoms with Crippen molar-refractivity contribution in [2.75, 3.05) is 20.1 Å². The molecule has 5 heteroatoms. The number of benzene rings is 1. The molecule has 0 saturated carbocycles. The fraction of sp³-hybridized carbons (Fsp3) is 0.625. The molecule has 5 nitrogen and oxygen atoms in total. The van der Waals surface area contributed by atoms with Gasteiger partial charge in [-0.3, -0.25) is 10.1 Å². The molecule has 3 atom stereocenters. The number of aryl methyl sites for hydroxylation is 1. The van der Waals surface area contributed by atoms with E-state index < -0.39 is 0 Å². The van der Waals surface area contributed by atoms with Crippen LogP contribution in [0.15, 0.2) is 18.2 Å². The molecule has 1 aromatic rings. The lowest BCUT2D eigenvalue weighted by Gasteiger charge is -2.37. The maximum Gasteiger partial charge on any atom is 0.272 e. The maximum atomic E-state index is 11.1. The van der Waals surface area contributed by atoms with Crippen molar-refractivity contribution < 1.29 is 4.92 Å². The Morgan fingerprint density at radius 3 is 2.81 bits per heavy atom. The summed E-state index contributed by atoms with van der Waals surface area (Å²) < 4.78 is 0.